The number of rotatable bonds is 3. The van der Waals surface area contributed by atoms with E-state index in [9.17, 15) is 14.0 Å². The molecule has 0 bridgehead atoms. The Morgan fingerprint density at radius 3 is 2.57 bits per heavy atom. The number of nitrogens with zero attached hydrogens (tertiary/aromatic N) is 2. The second-order valence-electron chi connectivity index (χ2n) is 6.27. The minimum atomic E-state index is -0.371. The Bertz CT molecular complexity index is 918. The number of aldehydes is 1. The van der Waals surface area contributed by atoms with E-state index in [4.69, 9.17) is 0 Å². The Morgan fingerprint density at radius 1 is 1.30 bits per heavy atom. The molecule has 1 saturated heterocycles. The smallest absolute Gasteiger partial charge is 0.319 e. The quantitative estimate of drug-likeness (QED) is 0.601. The summed E-state index contributed by atoms with van der Waals surface area (Å²) in [4.78, 5) is 27.4. The lowest BCUT2D eigenvalue weighted by atomic mass is 10.1. The van der Waals surface area contributed by atoms with Crippen LogP contribution >= 0.6 is 0 Å². The summed E-state index contributed by atoms with van der Waals surface area (Å²) in [5, 5.41) is 5.17. The number of nitrogens with one attached hydrogen (secondary N) is 2. The van der Waals surface area contributed by atoms with Gasteiger partial charge in [-0.2, -0.15) is 0 Å². The van der Waals surface area contributed by atoms with Gasteiger partial charge in [-0.05, 0) is 43.9 Å². The van der Waals surface area contributed by atoms with Gasteiger partial charge in [-0.3, -0.25) is 9.78 Å². The van der Waals surface area contributed by atoms with Crippen molar-refractivity contribution in [3.63, 3.8) is 0 Å². The standard InChI is InChI=1S/C11H9N3O.C10H12FNO.C2H6/c1-8-10(14-11(15)13-8)5-4-9-3-2-6-12-7-9;1-12(2)6-8-3-4-10(11)5-9(8)7-13;1-2/h2-3,6-7,10H,1H2,(H2,13,14,15);3-5,7H,6H2,1-2H3;1-2H3. The molecule has 1 unspecified atom stereocenters. The van der Waals surface area contributed by atoms with Gasteiger partial charge in [0, 0.05) is 35.8 Å². The van der Waals surface area contributed by atoms with Crippen molar-refractivity contribution >= 4 is 12.3 Å². The maximum absolute atomic E-state index is 12.7. The lowest BCUT2D eigenvalue weighted by Gasteiger charge is -2.11. The normalized spacial score (nSPS) is 14.1. The fraction of sp³-hybridized carbons (Fsp3) is 0.261. The average molecular weight is 410 g/mol. The summed E-state index contributed by atoms with van der Waals surface area (Å²) in [5.41, 5.74) is 2.66. The van der Waals surface area contributed by atoms with Gasteiger partial charge in [0.2, 0.25) is 0 Å². The van der Waals surface area contributed by atoms with E-state index >= 15 is 0 Å². The number of carbonyl (C=O) groups excluding carboxylic acids is 2. The Morgan fingerprint density at radius 2 is 2.03 bits per heavy atom. The molecule has 1 aliphatic rings. The second-order valence-corrected chi connectivity index (χ2v) is 6.27. The van der Waals surface area contributed by atoms with E-state index in [1.165, 1.54) is 12.1 Å². The van der Waals surface area contributed by atoms with Gasteiger partial charge in [0.1, 0.15) is 18.1 Å². The molecule has 158 valence electrons. The van der Waals surface area contributed by atoms with Crippen molar-refractivity contribution < 1.29 is 14.0 Å². The summed E-state index contributed by atoms with van der Waals surface area (Å²) < 4.78 is 12.7. The summed E-state index contributed by atoms with van der Waals surface area (Å²) >= 11 is 0. The third kappa shape index (κ3) is 8.25. The molecule has 6 nitrogen and oxygen atoms in total. The average Bonchev–Trinajstić information content (AvgIpc) is 3.07. The van der Waals surface area contributed by atoms with E-state index < -0.39 is 0 Å². The van der Waals surface area contributed by atoms with Gasteiger partial charge in [-0.25, -0.2) is 9.18 Å². The first kappa shape index (κ1) is 24.5. The Kier molecular flexibility index (Phi) is 10.5. The highest BCUT2D eigenvalue weighted by Crippen LogP contribution is 2.10. The maximum Gasteiger partial charge on any atom is 0.320 e. The molecule has 0 aliphatic carbocycles. The minimum absolute atomic E-state index is 0.259. The molecule has 7 heteroatoms. The number of aromatic nitrogens is 1. The van der Waals surface area contributed by atoms with Gasteiger partial charge in [0.25, 0.3) is 0 Å². The van der Waals surface area contributed by atoms with Crippen LogP contribution < -0.4 is 10.6 Å². The molecule has 0 spiro atoms. The molecule has 2 N–H and O–H groups in total. The summed E-state index contributed by atoms with van der Waals surface area (Å²) in [6, 6.07) is 7.34. The van der Waals surface area contributed by atoms with Crippen LogP contribution in [0.25, 0.3) is 0 Å². The molecular weight excluding hydrogens is 383 g/mol. The number of benzene rings is 1. The van der Waals surface area contributed by atoms with E-state index in [1.807, 2.05) is 45.0 Å². The molecule has 30 heavy (non-hydrogen) atoms. The largest absolute Gasteiger partial charge is 0.320 e. The summed E-state index contributed by atoms with van der Waals surface area (Å²) in [6.07, 6.45) is 4.03. The van der Waals surface area contributed by atoms with Gasteiger partial charge in [-0.1, -0.05) is 38.3 Å². The molecule has 2 amide bonds. The van der Waals surface area contributed by atoms with Crippen LogP contribution in [0, 0.1) is 17.7 Å². The molecule has 1 aromatic carbocycles. The van der Waals surface area contributed by atoms with E-state index in [1.54, 1.807) is 18.5 Å². The monoisotopic (exact) mass is 410 g/mol. The Balaban J connectivity index is 0.000000280. The van der Waals surface area contributed by atoms with Gasteiger partial charge in [0.15, 0.2) is 0 Å². The number of carbonyl (C=O) groups is 2. The third-order valence-electron chi connectivity index (χ3n) is 3.64. The topological polar surface area (TPSA) is 74.3 Å². The lowest BCUT2D eigenvalue weighted by Crippen LogP contribution is -2.24. The first-order chi connectivity index (χ1) is 14.4. The van der Waals surface area contributed by atoms with E-state index in [0.29, 0.717) is 24.1 Å². The minimum Gasteiger partial charge on any atom is -0.319 e. The maximum atomic E-state index is 12.7. The number of halogens is 1. The Labute approximate surface area is 177 Å². The first-order valence-corrected chi connectivity index (χ1v) is 9.45. The summed E-state index contributed by atoms with van der Waals surface area (Å²) in [7, 11) is 3.80. The molecule has 0 radical (unpaired) electrons. The predicted molar refractivity (Wildman–Crippen MR) is 116 cm³/mol. The number of hydrogen-bond acceptors (Lipinski definition) is 4. The molecule has 2 aromatic rings. The SMILES string of the molecule is C=C1NC(=O)NC1C#Cc1cccnc1.CC.CN(C)Cc1ccc(F)cc1C=O. The van der Waals surface area contributed by atoms with Crippen molar-refractivity contribution in [2.75, 3.05) is 14.1 Å². The molecule has 1 aromatic heterocycles. The molecule has 2 heterocycles. The van der Waals surface area contributed by atoms with Crippen LogP contribution in [0.1, 0.15) is 35.3 Å². The molecular formula is C23H27FN4O2. The zero-order valence-corrected chi connectivity index (χ0v) is 17.7. The van der Waals surface area contributed by atoms with E-state index in [0.717, 1.165) is 11.1 Å². The number of pyridine rings is 1. The van der Waals surface area contributed by atoms with Crippen LogP contribution in [0.4, 0.5) is 9.18 Å². The van der Waals surface area contributed by atoms with E-state index in [2.05, 4.69) is 34.0 Å². The molecule has 1 atom stereocenters. The van der Waals surface area contributed by atoms with Crippen LogP contribution in [-0.4, -0.2) is 42.3 Å². The summed E-state index contributed by atoms with van der Waals surface area (Å²) in [6.45, 7) is 8.33. The van der Waals surface area contributed by atoms with Crippen LogP contribution in [0.5, 0.6) is 0 Å². The third-order valence-corrected chi connectivity index (χ3v) is 3.64. The Hall–Kier alpha value is -3.50. The molecule has 3 rings (SSSR count). The van der Waals surface area contributed by atoms with Crippen molar-refractivity contribution in [2.24, 2.45) is 0 Å². The first-order valence-electron chi connectivity index (χ1n) is 9.45. The zero-order chi connectivity index (χ0) is 22.5. The van der Waals surface area contributed by atoms with Gasteiger partial charge >= 0.3 is 6.03 Å². The van der Waals surface area contributed by atoms with Crippen molar-refractivity contribution in [2.45, 2.75) is 26.4 Å². The molecule has 1 fully saturated rings. The second kappa shape index (κ2) is 12.9. The zero-order valence-electron chi connectivity index (χ0n) is 17.7. The lowest BCUT2D eigenvalue weighted by molar-refractivity contribution is 0.112. The molecule has 0 saturated carbocycles. The van der Waals surface area contributed by atoms with E-state index in [-0.39, 0.29) is 17.9 Å². The molecule has 1 aliphatic heterocycles. The van der Waals surface area contributed by atoms with Crippen LogP contribution in [0.3, 0.4) is 0 Å². The number of amides is 2. The number of hydrogen-bond donors (Lipinski definition) is 2. The van der Waals surface area contributed by atoms with Gasteiger partial charge in [0.05, 0.1) is 0 Å². The fourth-order valence-corrected chi connectivity index (χ4v) is 2.35. The highest BCUT2D eigenvalue weighted by Gasteiger charge is 2.21. The van der Waals surface area contributed by atoms with Crippen molar-refractivity contribution in [1.29, 1.82) is 0 Å². The highest BCUT2D eigenvalue weighted by molar-refractivity contribution is 5.81. The van der Waals surface area contributed by atoms with Gasteiger partial charge < -0.3 is 15.5 Å². The van der Waals surface area contributed by atoms with Gasteiger partial charge in [-0.15, -0.1) is 0 Å². The highest BCUT2D eigenvalue weighted by atomic mass is 19.1. The van der Waals surface area contributed by atoms with Crippen LogP contribution in [0.15, 0.2) is 55.0 Å². The summed E-state index contributed by atoms with van der Waals surface area (Å²) in [5.74, 6) is 5.43. The predicted octanol–water partition coefficient (Wildman–Crippen LogP) is 3.35. The van der Waals surface area contributed by atoms with Crippen LogP contribution in [-0.2, 0) is 6.54 Å². The van der Waals surface area contributed by atoms with Crippen LogP contribution in [0.2, 0.25) is 0 Å². The van der Waals surface area contributed by atoms with Crippen molar-refractivity contribution in [3.8, 4) is 11.8 Å². The van der Waals surface area contributed by atoms with Crippen molar-refractivity contribution in [3.05, 3.63) is 77.5 Å². The number of urea groups is 1. The fourth-order valence-electron chi connectivity index (χ4n) is 2.35. The van der Waals surface area contributed by atoms with Crippen molar-refractivity contribution in [1.82, 2.24) is 20.5 Å².